The molecule has 6 heteroatoms. The number of carbonyl (C=O) groups is 2. The zero-order valence-electron chi connectivity index (χ0n) is 15.0. The maximum Gasteiger partial charge on any atom is 0.239 e. The van der Waals surface area contributed by atoms with Crippen molar-refractivity contribution in [1.29, 1.82) is 0 Å². The van der Waals surface area contributed by atoms with Crippen molar-refractivity contribution in [1.82, 2.24) is 10.2 Å². The molecular weight excluding hydrogens is 332 g/mol. The lowest BCUT2D eigenvalue weighted by Gasteiger charge is -2.21. The molecule has 0 saturated heterocycles. The van der Waals surface area contributed by atoms with Crippen molar-refractivity contribution in [3.63, 3.8) is 0 Å². The molecule has 26 heavy (non-hydrogen) atoms. The van der Waals surface area contributed by atoms with Crippen LogP contribution in [0.15, 0.2) is 42.5 Å². The summed E-state index contributed by atoms with van der Waals surface area (Å²) in [5.74, 6) is 1.05. The van der Waals surface area contributed by atoms with Gasteiger partial charge < -0.3 is 19.7 Å². The van der Waals surface area contributed by atoms with Crippen molar-refractivity contribution in [2.45, 2.75) is 26.9 Å². The van der Waals surface area contributed by atoms with Gasteiger partial charge >= 0.3 is 0 Å². The van der Waals surface area contributed by atoms with E-state index in [-0.39, 0.29) is 25.2 Å². The van der Waals surface area contributed by atoms with Crippen LogP contribution >= 0.6 is 0 Å². The van der Waals surface area contributed by atoms with Gasteiger partial charge in [0.05, 0.1) is 6.54 Å². The molecule has 0 bridgehead atoms. The molecule has 0 spiro atoms. The zero-order chi connectivity index (χ0) is 18.5. The van der Waals surface area contributed by atoms with Gasteiger partial charge in [0, 0.05) is 20.0 Å². The Morgan fingerprint density at radius 2 is 1.73 bits per heavy atom. The predicted octanol–water partition coefficient (Wildman–Crippen LogP) is 2.39. The predicted molar refractivity (Wildman–Crippen MR) is 96.7 cm³/mol. The Bertz CT molecular complexity index is 802. The molecule has 6 nitrogen and oxygen atoms in total. The summed E-state index contributed by atoms with van der Waals surface area (Å²) in [6.07, 6.45) is 0. The number of carbonyl (C=O) groups excluding carboxylic acids is 2. The molecule has 2 aromatic carbocycles. The molecule has 0 aliphatic carbocycles. The maximum atomic E-state index is 12.2. The number of rotatable bonds is 6. The number of benzene rings is 2. The molecule has 0 aromatic heterocycles. The van der Waals surface area contributed by atoms with Crippen LogP contribution in [0.3, 0.4) is 0 Å². The molecule has 136 valence electrons. The molecule has 2 amide bonds. The second kappa shape index (κ2) is 7.91. The van der Waals surface area contributed by atoms with Gasteiger partial charge in [0.1, 0.15) is 0 Å². The van der Waals surface area contributed by atoms with Gasteiger partial charge in [-0.1, -0.05) is 35.9 Å². The summed E-state index contributed by atoms with van der Waals surface area (Å²) in [7, 11) is 0. The molecule has 1 aliphatic heterocycles. The summed E-state index contributed by atoms with van der Waals surface area (Å²) in [6.45, 7) is 4.50. The van der Waals surface area contributed by atoms with Crippen molar-refractivity contribution >= 4 is 11.8 Å². The highest BCUT2D eigenvalue weighted by atomic mass is 16.7. The Hall–Kier alpha value is -3.02. The molecule has 1 aliphatic rings. The van der Waals surface area contributed by atoms with Crippen LogP contribution in [-0.2, 0) is 22.7 Å². The molecule has 1 heterocycles. The average Bonchev–Trinajstić information content (AvgIpc) is 3.09. The van der Waals surface area contributed by atoms with Gasteiger partial charge in [-0.3, -0.25) is 9.59 Å². The lowest BCUT2D eigenvalue weighted by Crippen LogP contribution is -2.39. The molecule has 0 fully saturated rings. The van der Waals surface area contributed by atoms with Crippen LogP contribution in [0.1, 0.15) is 23.6 Å². The van der Waals surface area contributed by atoms with Gasteiger partial charge in [-0.15, -0.1) is 0 Å². The molecule has 0 unspecified atom stereocenters. The second-order valence-corrected chi connectivity index (χ2v) is 6.33. The minimum Gasteiger partial charge on any atom is -0.454 e. The highest BCUT2D eigenvalue weighted by Crippen LogP contribution is 2.32. The van der Waals surface area contributed by atoms with E-state index in [1.807, 2.05) is 49.4 Å². The van der Waals surface area contributed by atoms with E-state index in [4.69, 9.17) is 9.47 Å². The topological polar surface area (TPSA) is 67.9 Å². The molecule has 1 N–H and O–H groups in total. The van der Waals surface area contributed by atoms with Crippen LogP contribution in [0.25, 0.3) is 0 Å². The number of hydrogen-bond acceptors (Lipinski definition) is 4. The Morgan fingerprint density at radius 1 is 1.04 bits per heavy atom. The molecule has 2 aromatic rings. The summed E-state index contributed by atoms with van der Waals surface area (Å²) < 4.78 is 10.6. The molecule has 3 rings (SSSR count). The largest absolute Gasteiger partial charge is 0.454 e. The Labute approximate surface area is 152 Å². The highest BCUT2D eigenvalue weighted by Gasteiger charge is 2.16. The first kappa shape index (κ1) is 17.8. The van der Waals surface area contributed by atoms with Gasteiger partial charge in [-0.2, -0.15) is 0 Å². The van der Waals surface area contributed by atoms with E-state index in [1.54, 1.807) is 0 Å². The Kier molecular flexibility index (Phi) is 5.41. The van der Waals surface area contributed by atoms with Crippen molar-refractivity contribution in [2.75, 3.05) is 13.3 Å². The van der Waals surface area contributed by atoms with Crippen molar-refractivity contribution in [3.8, 4) is 11.5 Å². The molecule has 0 atom stereocenters. The number of nitrogens with one attached hydrogen (secondary N) is 1. The lowest BCUT2D eigenvalue weighted by molar-refractivity contribution is -0.135. The van der Waals surface area contributed by atoms with Crippen LogP contribution in [0, 0.1) is 6.92 Å². The maximum absolute atomic E-state index is 12.2. The average molecular weight is 354 g/mol. The third-order valence-corrected chi connectivity index (χ3v) is 4.20. The summed E-state index contributed by atoms with van der Waals surface area (Å²) in [4.78, 5) is 25.6. The smallest absolute Gasteiger partial charge is 0.239 e. The number of aryl methyl sites for hydroxylation is 1. The Morgan fingerprint density at radius 3 is 2.46 bits per heavy atom. The molecule has 0 radical (unpaired) electrons. The standard InChI is InChI=1S/C20H22N2O4/c1-14-3-5-16(6-4-14)11-22(15(2)23)12-20(24)21-10-17-7-8-18-19(9-17)26-13-25-18/h3-9H,10-13H2,1-2H3,(H,21,24). The van der Waals surface area contributed by atoms with Gasteiger partial charge in [0.15, 0.2) is 11.5 Å². The van der Waals surface area contributed by atoms with Crippen LogP contribution in [0.4, 0.5) is 0 Å². The number of nitrogens with zero attached hydrogens (tertiary/aromatic N) is 1. The number of hydrogen-bond donors (Lipinski definition) is 1. The van der Waals surface area contributed by atoms with Gasteiger partial charge in [0.2, 0.25) is 18.6 Å². The zero-order valence-corrected chi connectivity index (χ0v) is 15.0. The first-order valence-electron chi connectivity index (χ1n) is 8.47. The van der Waals surface area contributed by atoms with Crippen molar-refractivity contribution in [2.24, 2.45) is 0 Å². The van der Waals surface area contributed by atoms with Gasteiger partial charge in [-0.05, 0) is 30.2 Å². The second-order valence-electron chi connectivity index (χ2n) is 6.33. The first-order chi connectivity index (χ1) is 12.5. The summed E-state index contributed by atoms with van der Waals surface area (Å²) in [6, 6.07) is 13.5. The van der Waals surface area contributed by atoms with Crippen LogP contribution in [0.2, 0.25) is 0 Å². The highest BCUT2D eigenvalue weighted by molar-refractivity contribution is 5.83. The first-order valence-corrected chi connectivity index (χ1v) is 8.47. The fraction of sp³-hybridized carbons (Fsp3) is 0.300. The quantitative estimate of drug-likeness (QED) is 0.865. The number of amides is 2. The summed E-state index contributed by atoms with van der Waals surface area (Å²) in [5, 5.41) is 2.84. The van der Waals surface area contributed by atoms with Crippen molar-refractivity contribution < 1.29 is 19.1 Å². The molecule has 0 saturated carbocycles. The van der Waals surface area contributed by atoms with E-state index in [1.165, 1.54) is 11.8 Å². The number of ether oxygens (including phenoxy) is 2. The summed E-state index contributed by atoms with van der Waals surface area (Å²) >= 11 is 0. The van der Waals surface area contributed by atoms with E-state index >= 15 is 0 Å². The van der Waals surface area contributed by atoms with Crippen molar-refractivity contribution in [3.05, 3.63) is 59.2 Å². The van der Waals surface area contributed by atoms with Crippen LogP contribution in [-0.4, -0.2) is 30.1 Å². The number of fused-ring (bicyclic) bond motifs is 1. The van der Waals surface area contributed by atoms with Gasteiger partial charge in [0.25, 0.3) is 0 Å². The fourth-order valence-corrected chi connectivity index (χ4v) is 2.67. The van der Waals surface area contributed by atoms with Gasteiger partial charge in [-0.25, -0.2) is 0 Å². The van der Waals surface area contributed by atoms with Crippen LogP contribution < -0.4 is 14.8 Å². The van der Waals surface area contributed by atoms with Crippen LogP contribution in [0.5, 0.6) is 11.5 Å². The summed E-state index contributed by atoms with van der Waals surface area (Å²) in [5.41, 5.74) is 3.06. The van der Waals surface area contributed by atoms with E-state index in [2.05, 4.69) is 5.32 Å². The minimum absolute atomic E-state index is 0.0216. The minimum atomic E-state index is -0.204. The molecular formula is C20H22N2O4. The van der Waals surface area contributed by atoms with E-state index in [0.717, 1.165) is 16.7 Å². The Balaban J connectivity index is 1.54. The lowest BCUT2D eigenvalue weighted by atomic mass is 10.1. The van der Waals surface area contributed by atoms with E-state index in [0.29, 0.717) is 24.6 Å². The third-order valence-electron chi connectivity index (χ3n) is 4.20. The fourth-order valence-electron chi connectivity index (χ4n) is 2.67. The van der Waals surface area contributed by atoms with E-state index in [9.17, 15) is 9.59 Å². The monoisotopic (exact) mass is 354 g/mol. The normalized spacial score (nSPS) is 11.9. The van der Waals surface area contributed by atoms with E-state index < -0.39 is 0 Å². The third kappa shape index (κ3) is 4.53. The SMILES string of the molecule is CC(=O)N(CC(=O)NCc1ccc2c(c1)OCO2)Cc1ccc(C)cc1.